The van der Waals surface area contributed by atoms with Crippen molar-refractivity contribution in [3.05, 3.63) is 23.9 Å². The number of piperidine rings is 1. The molecule has 1 N–H and O–H groups in total. The molecule has 0 spiro atoms. The molecule has 0 unspecified atom stereocenters. The van der Waals surface area contributed by atoms with Gasteiger partial charge in [0.05, 0.1) is 5.69 Å². The summed E-state index contributed by atoms with van der Waals surface area (Å²) in [4.78, 5) is 7.23. The van der Waals surface area contributed by atoms with Gasteiger partial charge in [-0.05, 0) is 42.9 Å². The molecule has 1 saturated heterocycles. The molecule has 1 aliphatic heterocycles. The quantitative estimate of drug-likeness (QED) is 0.892. The summed E-state index contributed by atoms with van der Waals surface area (Å²) in [6.45, 7) is 13.4. The van der Waals surface area contributed by atoms with Gasteiger partial charge in [-0.3, -0.25) is 0 Å². The van der Waals surface area contributed by atoms with Crippen molar-refractivity contribution in [2.75, 3.05) is 24.5 Å². The molecule has 1 aromatic rings. The lowest BCUT2D eigenvalue weighted by atomic mass is 9.83. The lowest BCUT2D eigenvalue weighted by Crippen LogP contribution is -2.37. The van der Waals surface area contributed by atoms with Gasteiger partial charge in [-0.1, -0.05) is 33.8 Å². The molecule has 3 nitrogen and oxygen atoms in total. The van der Waals surface area contributed by atoms with E-state index >= 15 is 0 Å². The maximum atomic E-state index is 4.80. The molecule has 0 radical (unpaired) electrons. The van der Waals surface area contributed by atoms with E-state index in [0.717, 1.165) is 37.7 Å². The largest absolute Gasteiger partial charge is 0.357 e. The Kier molecular flexibility index (Phi) is 5.03. The highest BCUT2D eigenvalue weighted by molar-refractivity contribution is 5.39. The van der Waals surface area contributed by atoms with E-state index in [4.69, 9.17) is 4.98 Å². The summed E-state index contributed by atoms with van der Waals surface area (Å²) in [6.07, 6.45) is 2.51. The highest BCUT2D eigenvalue weighted by atomic mass is 15.2. The van der Waals surface area contributed by atoms with Crippen LogP contribution in [0, 0.1) is 11.3 Å². The standard InChI is InChI=1S/C17H29N3/c1-14(2)12-18-13-15-6-5-7-16(19-15)20-10-8-17(3,4)9-11-20/h5-7,14,18H,8-13H2,1-4H3. The van der Waals surface area contributed by atoms with E-state index in [9.17, 15) is 0 Å². The van der Waals surface area contributed by atoms with Crippen molar-refractivity contribution in [3.8, 4) is 0 Å². The number of hydrogen-bond acceptors (Lipinski definition) is 3. The zero-order valence-electron chi connectivity index (χ0n) is 13.4. The van der Waals surface area contributed by atoms with Crippen LogP contribution < -0.4 is 10.2 Å². The second kappa shape index (κ2) is 6.57. The van der Waals surface area contributed by atoms with E-state index < -0.39 is 0 Å². The first kappa shape index (κ1) is 15.3. The first-order chi connectivity index (χ1) is 9.46. The summed E-state index contributed by atoms with van der Waals surface area (Å²) >= 11 is 0. The Morgan fingerprint density at radius 3 is 2.60 bits per heavy atom. The van der Waals surface area contributed by atoms with Gasteiger partial charge in [0, 0.05) is 19.6 Å². The lowest BCUT2D eigenvalue weighted by molar-refractivity contribution is 0.279. The number of anilines is 1. The molecule has 20 heavy (non-hydrogen) atoms. The average molecular weight is 275 g/mol. The molecule has 1 aliphatic rings. The minimum atomic E-state index is 0.493. The van der Waals surface area contributed by atoms with E-state index in [1.54, 1.807) is 0 Å². The van der Waals surface area contributed by atoms with Crippen LogP contribution in [0.25, 0.3) is 0 Å². The van der Waals surface area contributed by atoms with E-state index in [1.165, 1.54) is 12.8 Å². The monoisotopic (exact) mass is 275 g/mol. The summed E-state index contributed by atoms with van der Waals surface area (Å²) in [6, 6.07) is 6.39. The van der Waals surface area contributed by atoms with Crippen molar-refractivity contribution in [1.29, 1.82) is 0 Å². The van der Waals surface area contributed by atoms with E-state index in [-0.39, 0.29) is 0 Å². The normalized spacial score (nSPS) is 18.6. The van der Waals surface area contributed by atoms with Gasteiger partial charge in [0.2, 0.25) is 0 Å². The summed E-state index contributed by atoms with van der Waals surface area (Å²) in [5.41, 5.74) is 1.64. The van der Waals surface area contributed by atoms with Crippen molar-refractivity contribution >= 4 is 5.82 Å². The Morgan fingerprint density at radius 1 is 1.25 bits per heavy atom. The number of pyridine rings is 1. The fourth-order valence-corrected chi connectivity index (χ4v) is 2.57. The first-order valence-electron chi connectivity index (χ1n) is 7.88. The van der Waals surface area contributed by atoms with Gasteiger partial charge in [-0.15, -0.1) is 0 Å². The number of hydrogen-bond donors (Lipinski definition) is 1. The number of nitrogens with one attached hydrogen (secondary N) is 1. The van der Waals surface area contributed by atoms with Crippen LogP contribution in [-0.2, 0) is 6.54 Å². The number of nitrogens with zero attached hydrogens (tertiary/aromatic N) is 2. The maximum absolute atomic E-state index is 4.80. The van der Waals surface area contributed by atoms with Crippen LogP contribution in [-0.4, -0.2) is 24.6 Å². The topological polar surface area (TPSA) is 28.2 Å². The Hall–Kier alpha value is -1.09. The van der Waals surface area contributed by atoms with Gasteiger partial charge in [-0.2, -0.15) is 0 Å². The van der Waals surface area contributed by atoms with Crippen LogP contribution in [0.2, 0.25) is 0 Å². The molecule has 2 heterocycles. The Balaban J connectivity index is 1.92. The molecule has 0 aromatic carbocycles. The van der Waals surface area contributed by atoms with Gasteiger partial charge in [-0.25, -0.2) is 4.98 Å². The molecule has 1 fully saturated rings. The van der Waals surface area contributed by atoms with Crippen molar-refractivity contribution in [2.45, 2.75) is 47.1 Å². The smallest absolute Gasteiger partial charge is 0.128 e. The maximum Gasteiger partial charge on any atom is 0.128 e. The first-order valence-corrected chi connectivity index (χ1v) is 7.88. The van der Waals surface area contributed by atoms with Crippen LogP contribution in [0.15, 0.2) is 18.2 Å². The average Bonchev–Trinajstić information content (AvgIpc) is 2.38. The second-order valence-electron chi connectivity index (χ2n) is 7.16. The summed E-state index contributed by atoms with van der Waals surface area (Å²) in [7, 11) is 0. The van der Waals surface area contributed by atoms with Gasteiger partial charge < -0.3 is 10.2 Å². The third kappa shape index (κ3) is 4.48. The van der Waals surface area contributed by atoms with Crippen molar-refractivity contribution in [3.63, 3.8) is 0 Å². The zero-order valence-corrected chi connectivity index (χ0v) is 13.4. The van der Waals surface area contributed by atoms with Crippen LogP contribution in [0.1, 0.15) is 46.2 Å². The summed E-state index contributed by atoms with van der Waals surface area (Å²) in [5, 5.41) is 3.46. The predicted octanol–water partition coefficient (Wildman–Crippen LogP) is 3.45. The van der Waals surface area contributed by atoms with Crippen LogP contribution in [0.5, 0.6) is 0 Å². The van der Waals surface area contributed by atoms with E-state index in [0.29, 0.717) is 11.3 Å². The third-order valence-corrected chi connectivity index (χ3v) is 4.09. The molecule has 0 atom stereocenters. The van der Waals surface area contributed by atoms with Gasteiger partial charge >= 0.3 is 0 Å². The summed E-state index contributed by atoms with van der Waals surface area (Å²) < 4.78 is 0. The minimum absolute atomic E-state index is 0.493. The molecule has 0 aliphatic carbocycles. The van der Waals surface area contributed by atoms with E-state index in [2.05, 4.69) is 56.1 Å². The van der Waals surface area contributed by atoms with Crippen LogP contribution in [0.3, 0.4) is 0 Å². The molecule has 3 heteroatoms. The fourth-order valence-electron chi connectivity index (χ4n) is 2.57. The number of rotatable bonds is 5. The highest BCUT2D eigenvalue weighted by Gasteiger charge is 2.25. The molecule has 0 amide bonds. The summed E-state index contributed by atoms with van der Waals surface area (Å²) in [5.74, 6) is 1.83. The minimum Gasteiger partial charge on any atom is -0.357 e. The van der Waals surface area contributed by atoms with Gasteiger partial charge in [0.25, 0.3) is 0 Å². The highest BCUT2D eigenvalue weighted by Crippen LogP contribution is 2.31. The van der Waals surface area contributed by atoms with Crippen molar-refractivity contribution in [2.24, 2.45) is 11.3 Å². The van der Waals surface area contributed by atoms with Gasteiger partial charge in [0.1, 0.15) is 5.82 Å². The molecular weight excluding hydrogens is 246 g/mol. The molecule has 0 bridgehead atoms. The van der Waals surface area contributed by atoms with Gasteiger partial charge in [0.15, 0.2) is 0 Å². The van der Waals surface area contributed by atoms with Crippen LogP contribution >= 0.6 is 0 Å². The zero-order chi connectivity index (χ0) is 14.6. The Morgan fingerprint density at radius 2 is 1.95 bits per heavy atom. The van der Waals surface area contributed by atoms with Crippen molar-refractivity contribution < 1.29 is 0 Å². The Labute approximate surface area is 123 Å². The SMILES string of the molecule is CC(C)CNCc1cccc(N2CCC(C)(C)CC2)n1. The fraction of sp³-hybridized carbons (Fsp3) is 0.706. The van der Waals surface area contributed by atoms with Crippen molar-refractivity contribution in [1.82, 2.24) is 10.3 Å². The second-order valence-corrected chi connectivity index (χ2v) is 7.16. The van der Waals surface area contributed by atoms with E-state index in [1.807, 2.05) is 0 Å². The predicted molar refractivity (Wildman–Crippen MR) is 86.0 cm³/mol. The molecule has 2 rings (SSSR count). The number of aromatic nitrogens is 1. The molecule has 112 valence electrons. The Bertz CT molecular complexity index is 416. The lowest BCUT2D eigenvalue weighted by Gasteiger charge is -2.37. The molecule has 0 saturated carbocycles. The molecular formula is C17H29N3. The molecule has 1 aromatic heterocycles. The van der Waals surface area contributed by atoms with Crippen LogP contribution in [0.4, 0.5) is 5.82 Å². The third-order valence-electron chi connectivity index (χ3n) is 4.09.